The smallest absolute Gasteiger partial charge is 0.222 e. The summed E-state index contributed by atoms with van der Waals surface area (Å²) in [5.74, 6) is 0.265. The highest BCUT2D eigenvalue weighted by molar-refractivity contribution is 6.20. The van der Waals surface area contributed by atoms with Crippen LogP contribution in [0.4, 0.5) is 0 Å². The van der Waals surface area contributed by atoms with E-state index < -0.39 is 0 Å². The number of carbonyl (C=O) groups is 1. The van der Waals surface area contributed by atoms with Crippen LogP contribution in [0.25, 0.3) is 0 Å². The summed E-state index contributed by atoms with van der Waals surface area (Å²) >= 11 is 6.00. The van der Waals surface area contributed by atoms with E-state index >= 15 is 0 Å². The molecular formula is C9H16ClNO. The van der Waals surface area contributed by atoms with Crippen LogP contribution in [-0.2, 0) is 4.79 Å². The molecule has 1 saturated heterocycles. The van der Waals surface area contributed by atoms with Crippen molar-refractivity contribution in [2.75, 3.05) is 13.1 Å². The van der Waals surface area contributed by atoms with E-state index in [0.29, 0.717) is 6.42 Å². The second-order valence-corrected chi connectivity index (χ2v) is 3.88. The zero-order valence-electron chi connectivity index (χ0n) is 7.55. The summed E-state index contributed by atoms with van der Waals surface area (Å²) in [4.78, 5) is 13.2. The molecule has 0 aliphatic carbocycles. The minimum absolute atomic E-state index is 0.265. The van der Waals surface area contributed by atoms with Crippen molar-refractivity contribution in [1.29, 1.82) is 0 Å². The number of rotatable bonds is 1. The lowest BCUT2D eigenvalue weighted by atomic mass is 10.2. The molecule has 0 bridgehead atoms. The number of amides is 1. The predicted octanol–water partition coefficient (Wildman–Crippen LogP) is 2.02. The van der Waals surface area contributed by atoms with E-state index in [1.807, 2.05) is 11.8 Å². The molecule has 0 aromatic heterocycles. The van der Waals surface area contributed by atoms with E-state index in [4.69, 9.17) is 11.6 Å². The van der Waals surface area contributed by atoms with Gasteiger partial charge in [-0.25, -0.2) is 0 Å². The van der Waals surface area contributed by atoms with Gasteiger partial charge in [-0.2, -0.15) is 0 Å². The molecule has 70 valence electrons. The molecule has 0 spiro atoms. The average molecular weight is 190 g/mol. The zero-order chi connectivity index (χ0) is 8.97. The highest BCUT2D eigenvalue weighted by Crippen LogP contribution is 2.16. The lowest BCUT2D eigenvalue weighted by Crippen LogP contribution is -2.31. The Kier molecular flexibility index (Phi) is 3.86. The van der Waals surface area contributed by atoms with E-state index in [9.17, 15) is 4.79 Å². The summed E-state index contributed by atoms with van der Waals surface area (Å²) in [6, 6.07) is 0. The summed E-state index contributed by atoms with van der Waals surface area (Å²) in [5, 5.41) is 0.277. The topological polar surface area (TPSA) is 20.3 Å². The van der Waals surface area contributed by atoms with Crippen molar-refractivity contribution in [3.05, 3.63) is 0 Å². The van der Waals surface area contributed by atoms with Crippen LogP contribution in [-0.4, -0.2) is 29.3 Å². The van der Waals surface area contributed by atoms with Crippen LogP contribution in [0.2, 0.25) is 0 Å². The number of halogens is 1. The van der Waals surface area contributed by atoms with Crippen molar-refractivity contribution in [1.82, 2.24) is 4.90 Å². The number of likely N-dealkylation sites (tertiary alicyclic amines) is 1. The van der Waals surface area contributed by atoms with Crippen LogP contribution in [0.1, 0.15) is 32.6 Å². The number of hydrogen-bond acceptors (Lipinski definition) is 1. The molecule has 0 aromatic carbocycles. The minimum atomic E-state index is 0.265. The summed E-state index contributed by atoms with van der Waals surface area (Å²) in [6.07, 6.45) is 3.68. The van der Waals surface area contributed by atoms with Crippen LogP contribution < -0.4 is 0 Å². The number of alkyl halides is 1. The van der Waals surface area contributed by atoms with Gasteiger partial charge >= 0.3 is 0 Å². The third-order valence-electron chi connectivity index (χ3n) is 2.31. The first-order valence-corrected chi connectivity index (χ1v) is 5.09. The SMILES string of the molecule is CCC(=O)N1CCCC(Cl)CC1. The van der Waals surface area contributed by atoms with Gasteiger partial charge in [-0.3, -0.25) is 4.79 Å². The normalized spacial score (nSPS) is 25.2. The van der Waals surface area contributed by atoms with Crippen molar-refractivity contribution in [3.8, 4) is 0 Å². The Balaban J connectivity index is 2.40. The average Bonchev–Trinajstić information content (AvgIpc) is 2.29. The first-order chi connectivity index (χ1) is 5.74. The standard InChI is InChI=1S/C9H16ClNO/c1-2-9(12)11-6-3-4-8(10)5-7-11/h8H,2-7H2,1H3. The number of carbonyl (C=O) groups excluding carboxylic acids is 1. The third kappa shape index (κ3) is 2.67. The molecule has 0 aromatic rings. The molecule has 0 saturated carbocycles. The van der Waals surface area contributed by atoms with Gasteiger partial charge in [-0.15, -0.1) is 11.6 Å². The molecule has 2 nitrogen and oxygen atoms in total. The molecule has 1 aliphatic rings. The van der Waals surface area contributed by atoms with Gasteiger partial charge in [0.05, 0.1) is 0 Å². The molecule has 1 rings (SSSR count). The Morgan fingerprint density at radius 1 is 1.50 bits per heavy atom. The van der Waals surface area contributed by atoms with Crippen LogP contribution in [0, 0.1) is 0 Å². The molecule has 0 radical (unpaired) electrons. The molecule has 0 N–H and O–H groups in total. The maximum absolute atomic E-state index is 11.3. The molecule has 1 amide bonds. The van der Waals surface area contributed by atoms with Crippen LogP contribution >= 0.6 is 11.6 Å². The van der Waals surface area contributed by atoms with Gasteiger partial charge in [-0.05, 0) is 19.3 Å². The van der Waals surface area contributed by atoms with E-state index in [-0.39, 0.29) is 11.3 Å². The lowest BCUT2D eigenvalue weighted by Gasteiger charge is -2.19. The Hall–Kier alpha value is -0.240. The molecule has 3 heteroatoms. The van der Waals surface area contributed by atoms with Crippen LogP contribution in [0.3, 0.4) is 0 Å². The van der Waals surface area contributed by atoms with E-state index in [2.05, 4.69) is 0 Å². The fourth-order valence-corrected chi connectivity index (χ4v) is 1.78. The first-order valence-electron chi connectivity index (χ1n) is 4.66. The monoisotopic (exact) mass is 189 g/mol. The second kappa shape index (κ2) is 4.70. The third-order valence-corrected chi connectivity index (χ3v) is 2.75. The number of nitrogens with zero attached hydrogens (tertiary/aromatic N) is 1. The fraction of sp³-hybridized carbons (Fsp3) is 0.889. The summed E-state index contributed by atoms with van der Waals surface area (Å²) < 4.78 is 0. The van der Waals surface area contributed by atoms with Gasteiger partial charge in [0.25, 0.3) is 0 Å². The largest absolute Gasteiger partial charge is 0.343 e. The van der Waals surface area contributed by atoms with Crippen LogP contribution in [0.5, 0.6) is 0 Å². The van der Waals surface area contributed by atoms with E-state index in [1.54, 1.807) is 0 Å². The second-order valence-electron chi connectivity index (χ2n) is 3.26. The van der Waals surface area contributed by atoms with E-state index in [1.165, 1.54) is 0 Å². The minimum Gasteiger partial charge on any atom is -0.343 e. The zero-order valence-corrected chi connectivity index (χ0v) is 8.31. The molecule has 1 fully saturated rings. The van der Waals surface area contributed by atoms with Gasteiger partial charge in [0, 0.05) is 24.9 Å². The Labute approximate surface area is 78.9 Å². The quantitative estimate of drug-likeness (QED) is 0.578. The highest BCUT2D eigenvalue weighted by Gasteiger charge is 2.17. The van der Waals surface area contributed by atoms with Crippen molar-refractivity contribution in [2.24, 2.45) is 0 Å². The Morgan fingerprint density at radius 2 is 2.25 bits per heavy atom. The molecule has 1 atom stereocenters. The summed E-state index contributed by atoms with van der Waals surface area (Å²) in [5.41, 5.74) is 0. The van der Waals surface area contributed by atoms with Crippen molar-refractivity contribution < 1.29 is 4.79 Å². The van der Waals surface area contributed by atoms with Gasteiger partial charge in [0.2, 0.25) is 5.91 Å². The van der Waals surface area contributed by atoms with Crippen LogP contribution in [0.15, 0.2) is 0 Å². The summed E-state index contributed by atoms with van der Waals surface area (Å²) in [6.45, 7) is 3.65. The molecular weight excluding hydrogens is 174 g/mol. The molecule has 12 heavy (non-hydrogen) atoms. The van der Waals surface area contributed by atoms with Gasteiger partial charge in [0.1, 0.15) is 0 Å². The molecule has 1 unspecified atom stereocenters. The van der Waals surface area contributed by atoms with Crippen molar-refractivity contribution >= 4 is 17.5 Å². The van der Waals surface area contributed by atoms with Crippen molar-refractivity contribution in [3.63, 3.8) is 0 Å². The Morgan fingerprint density at radius 3 is 2.92 bits per heavy atom. The molecule has 1 heterocycles. The van der Waals surface area contributed by atoms with Gasteiger partial charge in [0.15, 0.2) is 0 Å². The molecule has 1 aliphatic heterocycles. The first kappa shape index (κ1) is 9.85. The van der Waals surface area contributed by atoms with Gasteiger partial charge < -0.3 is 4.90 Å². The summed E-state index contributed by atoms with van der Waals surface area (Å²) in [7, 11) is 0. The van der Waals surface area contributed by atoms with E-state index in [0.717, 1.165) is 32.4 Å². The Bertz CT molecular complexity index is 161. The lowest BCUT2D eigenvalue weighted by molar-refractivity contribution is -0.130. The highest BCUT2D eigenvalue weighted by atomic mass is 35.5. The maximum Gasteiger partial charge on any atom is 0.222 e. The predicted molar refractivity (Wildman–Crippen MR) is 50.4 cm³/mol. The van der Waals surface area contributed by atoms with Gasteiger partial charge in [-0.1, -0.05) is 6.92 Å². The van der Waals surface area contributed by atoms with Crippen molar-refractivity contribution in [2.45, 2.75) is 38.0 Å². The maximum atomic E-state index is 11.3. The number of hydrogen-bond donors (Lipinski definition) is 0. The fourth-order valence-electron chi connectivity index (χ4n) is 1.53.